The monoisotopic (exact) mass is 374 g/mol. The fraction of sp³-hybridized carbons (Fsp3) is 0. The summed E-state index contributed by atoms with van der Waals surface area (Å²) in [6, 6.07) is 7.23. The number of anilines is 2. The number of carbonyl (C=O) groups is 2. The lowest BCUT2D eigenvalue weighted by atomic mass is 10.0. The van der Waals surface area contributed by atoms with Crippen LogP contribution in [-0.4, -0.2) is 11.8 Å². The first-order valence-corrected chi connectivity index (χ1v) is 8.13. The minimum Gasteiger partial charge on any atom is -0.322 e. The maximum absolute atomic E-state index is 12.1. The van der Waals surface area contributed by atoms with Gasteiger partial charge in [-0.3, -0.25) is 9.59 Å². The van der Waals surface area contributed by atoms with Gasteiger partial charge >= 0.3 is 0 Å². The van der Waals surface area contributed by atoms with E-state index in [0.717, 1.165) is 16.8 Å². The molecular formula is C16H11BrN2O2S. The number of thiophene rings is 1. The van der Waals surface area contributed by atoms with Gasteiger partial charge in [-0.15, -0.1) is 0 Å². The van der Waals surface area contributed by atoms with Crippen molar-refractivity contribution in [2.45, 2.75) is 0 Å². The molecule has 2 heterocycles. The first kappa shape index (κ1) is 14.7. The quantitative estimate of drug-likeness (QED) is 0.794. The summed E-state index contributed by atoms with van der Waals surface area (Å²) < 4.78 is 0.247. The molecule has 110 valence electrons. The third-order valence-corrected chi connectivity index (χ3v) is 4.22. The van der Waals surface area contributed by atoms with E-state index in [1.165, 1.54) is 0 Å². The Balaban J connectivity index is 1.97. The van der Waals surface area contributed by atoms with E-state index in [9.17, 15) is 9.59 Å². The molecule has 0 atom stereocenters. The Morgan fingerprint density at radius 1 is 1.36 bits per heavy atom. The van der Waals surface area contributed by atoms with Crippen LogP contribution in [-0.2, 0) is 9.59 Å². The van der Waals surface area contributed by atoms with Crippen LogP contribution in [0.5, 0.6) is 0 Å². The topological polar surface area (TPSA) is 58.2 Å². The number of amides is 2. The Hall–Kier alpha value is -2.18. The lowest BCUT2D eigenvalue weighted by Crippen LogP contribution is -2.10. The summed E-state index contributed by atoms with van der Waals surface area (Å²) in [5, 5.41) is 9.46. The van der Waals surface area contributed by atoms with E-state index >= 15 is 0 Å². The van der Waals surface area contributed by atoms with Crippen LogP contribution in [0.3, 0.4) is 0 Å². The Bertz CT molecular complexity index is 810. The first-order valence-electron chi connectivity index (χ1n) is 6.40. The van der Waals surface area contributed by atoms with E-state index in [0.29, 0.717) is 11.3 Å². The van der Waals surface area contributed by atoms with Gasteiger partial charge in [-0.1, -0.05) is 6.58 Å². The highest BCUT2D eigenvalue weighted by Crippen LogP contribution is 2.35. The molecule has 0 bridgehead atoms. The van der Waals surface area contributed by atoms with E-state index in [1.54, 1.807) is 29.5 Å². The van der Waals surface area contributed by atoms with Gasteiger partial charge in [0, 0.05) is 22.5 Å². The lowest BCUT2D eigenvalue weighted by molar-refractivity contribution is -0.112. The van der Waals surface area contributed by atoms with Gasteiger partial charge in [0.2, 0.25) is 0 Å². The van der Waals surface area contributed by atoms with E-state index in [-0.39, 0.29) is 16.3 Å². The second kappa shape index (κ2) is 5.90. The van der Waals surface area contributed by atoms with Crippen LogP contribution >= 0.6 is 27.3 Å². The van der Waals surface area contributed by atoms with Crippen LogP contribution in [0, 0.1) is 0 Å². The molecule has 2 N–H and O–H groups in total. The molecule has 0 radical (unpaired) electrons. The van der Waals surface area contributed by atoms with E-state index in [2.05, 4.69) is 33.1 Å². The fourth-order valence-electron chi connectivity index (χ4n) is 2.13. The average molecular weight is 375 g/mol. The largest absolute Gasteiger partial charge is 0.322 e. The minimum absolute atomic E-state index is 0.144. The van der Waals surface area contributed by atoms with Crippen LogP contribution in [0.25, 0.3) is 11.6 Å². The van der Waals surface area contributed by atoms with Crippen molar-refractivity contribution in [1.82, 2.24) is 0 Å². The minimum atomic E-state index is -0.319. The second-order valence-electron chi connectivity index (χ2n) is 4.69. The number of hydrogen-bond donors (Lipinski definition) is 2. The van der Waals surface area contributed by atoms with E-state index in [1.807, 2.05) is 22.9 Å². The number of halogens is 1. The van der Waals surface area contributed by atoms with Gasteiger partial charge in [0.15, 0.2) is 0 Å². The molecule has 4 nitrogen and oxygen atoms in total. The number of hydrogen-bond acceptors (Lipinski definition) is 3. The Kier molecular flexibility index (Phi) is 3.96. The van der Waals surface area contributed by atoms with Crippen molar-refractivity contribution in [3.63, 3.8) is 0 Å². The predicted octanol–water partition coefficient (Wildman–Crippen LogP) is 4.09. The standard InChI is InChI=1S/C16H11BrN2O2S/c1-9(17)15(20)18-11-2-3-14-12(7-11)13(16(21)19-14)6-10-4-5-22-8-10/h2-8H,1H2,(H,18,20)(H,19,21)/b13-6+. The summed E-state index contributed by atoms with van der Waals surface area (Å²) in [5.74, 6) is -0.463. The fourth-order valence-corrected chi connectivity index (χ4v) is 2.85. The number of nitrogens with one attached hydrogen (secondary N) is 2. The Labute approximate surface area is 139 Å². The highest BCUT2D eigenvalue weighted by Gasteiger charge is 2.24. The molecule has 3 rings (SSSR count). The molecule has 6 heteroatoms. The van der Waals surface area contributed by atoms with Gasteiger partial charge < -0.3 is 10.6 Å². The number of rotatable bonds is 3. The van der Waals surface area contributed by atoms with E-state index < -0.39 is 0 Å². The zero-order valence-corrected chi connectivity index (χ0v) is 13.8. The molecule has 1 aliphatic rings. The molecule has 1 aromatic heterocycles. The third-order valence-electron chi connectivity index (χ3n) is 3.16. The van der Waals surface area contributed by atoms with E-state index in [4.69, 9.17) is 0 Å². The van der Waals surface area contributed by atoms with Crippen molar-refractivity contribution in [2.24, 2.45) is 0 Å². The summed E-state index contributed by atoms with van der Waals surface area (Å²) in [4.78, 5) is 23.8. The highest BCUT2D eigenvalue weighted by atomic mass is 79.9. The van der Waals surface area contributed by atoms with Crippen LogP contribution in [0.2, 0.25) is 0 Å². The van der Waals surface area contributed by atoms with Gasteiger partial charge in [0.1, 0.15) is 0 Å². The first-order chi connectivity index (χ1) is 10.5. The van der Waals surface area contributed by atoms with Gasteiger partial charge in [-0.25, -0.2) is 0 Å². The molecule has 0 fully saturated rings. The molecule has 0 spiro atoms. The molecule has 1 aromatic carbocycles. The SMILES string of the molecule is C=C(Br)C(=O)Nc1ccc2c(c1)/C(=C\c1ccsc1)C(=O)N2. The zero-order valence-electron chi connectivity index (χ0n) is 11.4. The molecule has 0 saturated carbocycles. The van der Waals surface area contributed by atoms with Crippen molar-refractivity contribution < 1.29 is 9.59 Å². The molecule has 0 saturated heterocycles. The smallest absolute Gasteiger partial charge is 0.262 e. The van der Waals surface area contributed by atoms with Crippen molar-refractivity contribution >= 4 is 62.1 Å². The molecule has 2 amide bonds. The summed E-state index contributed by atoms with van der Waals surface area (Å²) in [5.41, 5.74) is 3.68. The maximum atomic E-state index is 12.1. The van der Waals surface area contributed by atoms with Crippen molar-refractivity contribution in [2.75, 3.05) is 10.6 Å². The molecule has 1 aliphatic heterocycles. The highest BCUT2D eigenvalue weighted by molar-refractivity contribution is 9.12. The average Bonchev–Trinajstić information content (AvgIpc) is 3.08. The van der Waals surface area contributed by atoms with Crippen molar-refractivity contribution in [1.29, 1.82) is 0 Å². The molecule has 22 heavy (non-hydrogen) atoms. The van der Waals surface area contributed by atoms with Crippen molar-refractivity contribution in [3.8, 4) is 0 Å². The zero-order chi connectivity index (χ0) is 15.7. The second-order valence-corrected chi connectivity index (χ2v) is 6.43. The van der Waals surface area contributed by atoms with Crippen LogP contribution in [0.15, 0.2) is 46.1 Å². The Morgan fingerprint density at radius 3 is 2.86 bits per heavy atom. The number of fused-ring (bicyclic) bond motifs is 1. The summed E-state index contributed by atoms with van der Waals surface area (Å²) in [6.45, 7) is 3.53. The molecule has 0 aliphatic carbocycles. The van der Waals surface area contributed by atoms with Crippen LogP contribution in [0.1, 0.15) is 11.1 Å². The van der Waals surface area contributed by atoms with Crippen LogP contribution < -0.4 is 10.6 Å². The van der Waals surface area contributed by atoms with Crippen LogP contribution in [0.4, 0.5) is 11.4 Å². The lowest BCUT2D eigenvalue weighted by Gasteiger charge is -2.06. The molecule has 0 unspecified atom stereocenters. The van der Waals surface area contributed by atoms with Crippen molar-refractivity contribution in [3.05, 3.63) is 57.2 Å². The van der Waals surface area contributed by atoms with Gasteiger partial charge in [0.25, 0.3) is 11.8 Å². The maximum Gasteiger partial charge on any atom is 0.262 e. The van der Waals surface area contributed by atoms with Gasteiger partial charge in [-0.05, 0) is 62.6 Å². The third kappa shape index (κ3) is 2.88. The Morgan fingerprint density at radius 2 is 2.18 bits per heavy atom. The number of carbonyl (C=O) groups excluding carboxylic acids is 2. The van der Waals surface area contributed by atoms with Gasteiger partial charge in [-0.2, -0.15) is 11.3 Å². The molecule has 2 aromatic rings. The normalized spacial score (nSPS) is 14.6. The number of benzene rings is 1. The summed E-state index contributed by atoms with van der Waals surface area (Å²) in [6.07, 6.45) is 1.84. The molecular weight excluding hydrogens is 364 g/mol. The summed E-state index contributed by atoms with van der Waals surface area (Å²) in [7, 11) is 0. The predicted molar refractivity (Wildman–Crippen MR) is 94.0 cm³/mol. The van der Waals surface area contributed by atoms with Gasteiger partial charge in [0.05, 0.1) is 4.48 Å². The summed E-state index contributed by atoms with van der Waals surface area (Å²) >= 11 is 4.61.